The maximum Gasteiger partial charge on any atom is 0.261 e. The third-order valence-corrected chi connectivity index (χ3v) is 6.71. The Balaban J connectivity index is 1.49. The van der Waals surface area contributed by atoms with Crippen LogP contribution in [0.3, 0.4) is 0 Å². The molecular weight excluding hydrogens is 414 g/mol. The second kappa shape index (κ2) is 10.0. The van der Waals surface area contributed by atoms with E-state index in [1.165, 1.54) is 36.3 Å². The van der Waals surface area contributed by atoms with Crippen LogP contribution in [-0.4, -0.2) is 46.8 Å². The Bertz CT molecular complexity index is 969. The molecule has 2 aromatic rings. The van der Waals surface area contributed by atoms with Gasteiger partial charge in [-0.3, -0.25) is 9.10 Å². The van der Waals surface area contributed by atoms with Crippen LogP contribution in [0.2, 0.25) is 0 Å². The largest absolute Gasteiger partial charge is 0.481 e. The van der Waals surface area contributed by atoms with E-state index in [0.717, 1.165) is 24.9 Å². The predicted octanol–water partition coefficient (Wildman–Crippen LogP) is 3.16. The standard InChI is InChI=1S/C23H31N3O4S/c1-18(30-22-13-11-20(12-14-22)25(2)31(3,28)29)23(27)24-17-19-7-9-21(10-8-19)26-15-5-4-6-16-26/h7-14,18H,4-6,15-17H2,1-3H3,(H,24,27)/t18-/m1/s1. The van der Waals surface area contributed by atoms with Crippen molar-refractivity contribution in [3.8, 4) is 5.75 Å². The van der Waals surface area contributed by atoms with Crippen LogP contribution >= 0.6 is 0 Å². The monoisotopic (exact) mass is 445 g/mol. The van der Waals surface area contributed by atoms with E-state index in [0.29, 0.717) is 18.0 Å². The van der Waals surface area contributed by atoms with Gasteiger partial charge in [-0.1, -0.05) is 12.1 Å². The highest BCUT2D eigenvalue weighted by Crippen LogP contribution is 2.22. The van der Waals surface area contributed by atoms with Gasteiger partial charge in [0.15, 0.2) is 6.10 Å². The third-order valence-electron chi connectivity index (χ3n) is 5.50. The van der Waals surface area contributed by atoms with Crippen molar-refractivity contribution in [2.75, 3.05) is 35.6 Å². The molecule has 1 N–H and O–H groups in total. The summed E-state index contributed by atoms with van der Waals surface area (Å²) in [6.45, 7) is 4.34. The normalized spacial score (nSPS) is 15.3. The first-order valence-corrected chi connectivity index (χ1v) is 12.4. The average molecular weight is 446 g/mol. The van der Waals surface area contributed by atoms with Gasteiger partial charge in [0.2, 0.25) is 10.0 Å². The molecule has 0 saturated carbocycles. The van der Waals surface area contributed by atoms with Crippen LogP contribution in [0.1, 0.15) is 31.7 Å². The van der Waals surface area contributed by atoms with Crippen LogP contribution in [0, 0.1) is 0 Å². The molecule has 31 heavy (non-hydrogen) atoms. The molecule has 0 spiro atoms. The molecule has 8 heteroatoms. The van der Waals surface area contributed by atoms with E-state index < -0.39 is 16.1 Å². The summed E-state index contributed by atoms with van der Waals surface area (Å²) in [6.07, 6.45) is 4.26. The lowest BCUT2D eigenvalue weighted by Crippen LogP contribution is -2.36. The van der Waals surface area contributed by atoms with E-state index in [-0.39, 0.29) is 5.91 Å². The Kier molecular flexibility index (Phi) is 7.43. The van der Waals surface area contributed by atoms with E-state index in [1.807, 2.05) is 12.1 Å². The zero-order chi connectivity index (χ0) is 22.4. The maximum atomic E-state index is 12.4. The van der Waals surface area contributed by atoms with Crippen molar-refractivity contribution in [1.82, 2.24) is 5.32 Å². The highest BCUT2D eigenvalue weighted by Gasteiger charge is 2.16. The average Bonchev–Trinajstić information content (AvgIpc) is 2.77. The van der Waals surface area contributed by atoms with E-state index >= 15 is 0 Å². The molecule has 1 amide bonds. The van der Waals surface area contributed by atoms with Gasteiger partial charge in [-0.05, 0) is 68.1 Å². The number of nitrogens with one attached hydrogen (secondary N) is 1. The molecule has 3 rings (SSSR count). The quantitative estimate of drug-likeness (QED) is 0.675. The smallest absolute Gasteiger partial charge is 0.261 e. The Labute approximate surface area is 185 Å². The first-order chi connectivity index (χ1) is 14.7. The second-order valence-corrected chi connectivity index (χ2v) is 9.93. The molecule has 1 atom stereocenters. The Hall–Kier alpha value is -2.74. The zero-order valence-corrected chi connectivity index (χ0v) is 19.2. The molecule has 1 aliphatic heterocycles. The van der Waals surface area contributed by atoms with Crippen LogP contribution in [0.25, 0.3) is 0 Å². The van der Waals surface area contributed by atoms with Gasteiger partial charge in [0.05, 0.1) is 11.9 Å². The lowest BCUT2D eigenvalue weighted by molar-refractivity contribution is -0.127. The summed E-state index contributed by atoms with van der Waals surface area (Å²) >= 11 is 0. The molecule has 0 bridgehead atoms. The predicted molar refractivity (Wildman–Crippen MR) is 124 cm³/mol. The Morgan fingerprint density at radius 3 is 2.26 bits per heavy atom. The van der Waals surface area contributed by atoms with E-state index in [1.54, 1.807) is 31.2 Å². The van der Waals surface area contributed by atoms with Crippen molar-refractivity contribution < 1.29 is 17.9 Å². The second-order valence-electron chi connectivity index (χ2n) is 7.92. The molecule has 0 aliphatic carbocycles. The van der Waals surface area contributed by atoms with Crippen molar-refractivity contribution in [1.29, 1.82) is 0 Å². The van der Waals surface area contributed by atoms with E-state index in [4.69, 9.17) is 4.74 Å². The van der Waals surface area contributed by atoms with E-state index in [2.05, 4.69) is 22.3 Å². The molecule has 7 nitrogen and oxygen atoms in total. The van der Waals surface area contributed by atoms with Crippen LogP contribution in [-0.2, 0) is 21.4 Å². The van der Waals surface area contributed by atoms with E-state index in [9.17, 15) is 13.2 Å². The highest BCUT2D eigenvalue weighted by molar-refractivity contribution is 7.92. The number of carbonyl (C=O) groups excluding carboxylic acids is 1. The summed E-state index contributed by atoms with van der Waals surface area (Å²) in [5, 5.41) is 2.90. The van der Waals surface area contributed by atoms with Gasteiger partial charge >= 0.3 is 0 Å². The summed E-state index contributed by atoms with van der Waals surface area (Å²) in [4.78, 5) is 14.8. The summed E-state index contributed by atoms with van der Waals surface area (Å²) in [7, 11) is -1.84. The number of ether oxygens (including phenoxy) is 1. The molecule has 1 aliphatic rings. The van der Waals surface area contributed by atoms with Gasteiger partial charge in [0.1, 0.15) is 5.75 Å². The number of nitrogens with zero attached hydrogens (tertiary/aromatic N) is 2. The number of sulfonamides is 1. The molecule has 168 valence electrons. The van der Waals surface area contributed by atoms with Crippen LogP contribution in [0.4, 0.5) is 11.4 Å². The molecule has 0 radical (unpaired) electrons. The number of amides is 1. The third kappa shape index (κ3) is 6.37. The number of rotatable bonds is 8. The van der Waals surface area contributed by atoms with Crippen LogP contribution in [0.15, 0.2) is 48.5 Å². The number of carbonyl (C=O) groups is 1. The lowest BCUT2D eigenvalue weighted by Gasteiger charge is -2.28. The summed E-state index contributed by atoms with van der Waals surface area (Å²) in [5.74, 6) is 0.289. The van der Waals surface area contributed by atoms with Crippen molar-refractivity contribution in [3.05, 3.63) is 54.1 Å². The van der Waals surface area contributed by atoms with Crippen molar-refractivity contribution in [3.63, 3.8) is 0 Å². The van der Waals surface area contributed by atoms with Crippen LogP contribution in [0.5, 0.6) is 5.75 Å². The lowest BCUT2D eigenvalue weighted by atomic mass is 10.1. The Morgan fingerprint density at radius 2 is 1.68 bits per heavy atom. The molecule has 1 fully saturated rings. The van der Waals surface area contributed by atoms with Crippen LogP contribution < -0.4 is 19.3 Å². The van der Waals surface area contributed by atoms with Gasteiger partial charge in [0.25, 0.3) is 5.91 Å². The minimum absolute atomic E-state index is 0.211. The molecule has 1 saturated heterocycles. The number of benzene rings is 2. The van der Waals surface area contributed by atoms with Gasteiger partial charge in [0, 0.05) is 32.4 Å². The van der Waals surface area contributed by atoms with Crippen molar-refractivity contribution in [2.24, 2.45) is 0 Å². The number of anilines is 2. The first-order valence-electron chi connectivity index (χ1n) is 10.6. The minimum Gasteiger partial charge on any atom is -0.481 e. The zero-order valence-electron chi connectivity index (χ0n) is 18.4. The Morgan fingerprint density at radius 1 is 1.06 bits per heavy atom. The summed E-state index contributed by atoms with van der Waals surface area (Å²) in [6, 6.07) is 14.9. The molecule has 1 heterocycles. The maximum absolute atomic E-state index is 12.4. The van der Waals surface area contributed by atoms with Gasteiger partial charge in [-0.15, -0.1) is 0 Å². The molecular formula is C23H31N3O4S. The molecule has 2 aromatic carbocycles. The summed E-state index contributed by atoms with van der Waals surface area (Å²) in [5.41, 5.74) is 2.80. The number of piperidine rings is 1. The number of hydrogen-bond acceptors (Lipinski definition) is 5. The fourth-order valence-electron chi connectivity index (χ4n) is 3.49. The topological polar surface area (TPSA) is 78.9 Å². The number of hydrogen-bond donors (Lipinski definition) is 1. The highest BCUT2D eigenvalue weighted by atomic mass is 32.2. The van der Waals surface area contributed by atoms with Gasteiger partial charge in [-0.25, -0.2) is 8.42 Å². The van der Waals surface area contributed by atoms with Crippen molar-refractivity contribution >= 4 is 27.3 Å². The molecule has 0 unspecified atom stereocenters. The summed E-state index contributed by atoms with van der Waals surface area (Å²) < 4.78 is 30.1. The fourth-order valence-corrected chi connectivity index (χ4v) is 4.00. The fraction of sp³-hybridized carbons (Fsp3) is 0.435. The van der Waals surface area contributed by atoms with Crippen molar-refractivity contribution in [2.45, 2.75) is 38.8 Å². The SMILES string of the molecule is C[C@@H](Oc1ccc(N(C)S(C)(=O)=O)cc1)C(=O)NCc1ccc(N2CCCCC2)cc1. The van der Waals surface area contributed by atoms with Gasteiger partial charge < -0.3 is 15.0 Å². The van der Waals surface area contributed by atoms with Gasteiger partial charge in [-0.2, -0.15) is 0 Å². The molecule has 0 aromatic heterocycles. The minimum atomic E-state index is -3.32. The first kappa shape index (κ1) is 22.9.